The van der Waals surface area contributed by atoms with Crippen LogP contribution in [0.3, 0.4) is 0 Å². The fraction of sp³-hybridized carbons (Fsp3) is 0.267. The average molecular weight is 341 g/mol. The van der Waals surface area contributed by atoms with Gasteiger partial charge in [0, 0.05) is 23.0 Å². The van der Waals surface area contributed by atoms with Gasteiger partial charge < -0.3 is 15.1 Å². The van der Waals surface area contributed by atoms with E-state index >= 15 is 0 Å². The Balaban J connectivity index is 1.66. The van der Waals surface area contributed by atoms with Crippen LogP contribution >= 0.6 is 35.6 Å². The number of hydrogen-bond donors (Lipinski definition) is 2. The number of anilines is 1. The molecule has 2 aromatic rings. The number of nitrogens with one attached hydrogen (secondary N) is 2. The Bertz CT molecular complexity index is 587. The lowest BCUT2D eigenvalue weighted by molar-refractivity contribution is 0.530. The summed E-state index contributed by atoms with van der Waals surface area (Å²) < 4.78 is 5.27. The number of benzene rings is 1. The zero-order valence-corrected chi connectivity index (χ0v) is 14.1. The molecule has 0 spiro atoms. The zero-order valence-electron chi connectivity index (χ0n) is 11.7. The van der Waals surface area contributed by atoms with Crippen molar-refractivity contribution >= 4 is 46.4 Å². The fourth-order valence-corrected chi connectivity index (χ4v) is 2.86. The van der Waals surface area contributed by atoms with E-state index in [0.29, 0.717) is 5.11 Å². The molecule has 0 aliphatic heterocycles. The van der Waals surface area contributed by atoms with Crippen LogP contribution in [-0.4, -0.2) is 17.4 Å². The topological polar surface area (TPSA) is 37.2 Å². The SMILES string of the molecule is Cc1c(Cl)cccc1NC(=S)NCCSCc1ccco1. The van der Waals surface area contributed by atoms with Crippen molar-refractivity contribution in [1.82, 2.24) is 5.32 Å². The molecule has 1 aromatic carbocycles. The molecule has 21 heavy (non-hydrogen) atoms. The number of thiocarbonyl (C=S) groups is 1. The first-order valence-corrected chi connectivity index (χ1v) is 8.51. The van der Waals surface area contributed by atoms with Crippen molar-refractivity contribution in [3.63, 3.8) is 0 Å². The van der Waals surface area contributed by atoms with Gasteiger partial charge in [0.05, 0.1) is 12.0 Å². The molecule has 0 saturated heterocycles. The van der Waals surface area contributed by atoms with Crippen molar-refractivity contribution in [2.75, 3.05) is 17.6 Å². The van der Waals surface area contributed by atoms with E-state index in [1.807, 2.05) is 37.3 Å². The van der Waals surface area contributed by atoms with E-state index in [-0.39, 0.29) is 0 Å². The highest BCUT2D eigenvalue weighted by atomic mass is 35.5. The summed E-state index contributed by atoms with van der Waals surface area (Å²) in [6, 6.07) is 9.61. The van der Waals surface area contributed by atoms with Gasteiger partial charge in [-0.3, -0.25) is 0 Å². The number of halogens is 1. The van der Waals surface area contributed by atoms with Crippen LogP contribution in [0.4, 0.5) is 5.69 Å². The van der Waals surface area contributed by atoms with E-state index in [4.69, 9.17) is 28.2 Å². The van der Waals surface area contributed by atoms with Crippen LogP contribution < -0.4 is 10.6 Å². The Morgan fingerprint density at radius 3 is 2.95 bits per heavy atom. The van der Waals surface area contributed by atoms with Crippen molar-refractivity contribution < 1.29 is 4.42 Å². The molecular formula is C15H17ClN2OS2. The highest BCUT2D eigenvalue weighted by Crippen LogP contribution is 2.22. The summed E-state index contributed by atoms with van der Waals surface area (Å²) >= 11 is 13.2. The van der Waals surface area contributed by atoms with Gasteiger partial charge >= 0.3 is 0 Å². The van der Waals surface area contributed by atoms with Gasteiger partial charge in [-0.25, -0.2) is 0 Å². The van der Waals surface area contributed by atoms with Gasteiger partial charge in [0.25, 0.3) is 0 Å². The van der Waals surface area contributed by atoms with Crippen LogP contribution in [0.5, 0.6) is 0 Å². The first kappa shape index (κ1) is 16.2. The maximum atomic E-state index is 6.08. The lowest BCUT2D eigenvalue weighted by Gasteiger charge is -2.13. The Kier molecular flexibility index (Phi) is 6.42. The number of furan rings is 1. The first-order chi connectivity index (χ1) is 10.2. The van der Waals surface area contributed by atoms with Crippen LogP contribution in [0.15, 0.2) is 41.0 Å². The molecular weight excluding hydrogens is 324 g/mol. The fourth-order valence-electron chi connectivity index (χ4n) is 1.71. The molecule has 0 unspecified atom stereocenters. The monoisotopic (exact) mass is 340 g/mol. The maximum Gasteiger partial charge on any atom is 0.170 e. The number of rotatable bonds is 6. The minimum absolute atomic E-state index is 0.610. The van der Waals surface area contributed by atoms with Gasteiger partial charge in [-0.15, -0.1) is 0 Å². The Labute approximate surface area is 139 Å². The molecule has 1 aromatic heterocycles. The zero-order chi connectivity index (χ0) is 15.1. The summed E-state index contributed by atoms with van der Waals surface area (Å²) in [6.07, 6.45) is 1.69. The van der Waals surface area contributed by atoms with E-state index in [2.05, 4.69) is 10.6 Å². The summed E-state index contributed by atoms with van der Waals surface area (Å²) in [7, 11) is 0. The Hall–Kier alpha value is -1.17. The second kappa shape index (κ2) is 8.32. The summed E-state index contributed by atoms with van der Waals surface area (Å²) in [5, 5.41) is 7.69. The smallest absolute Gasteiger partial charge is 0.170 e. The lowest BCUT2D eigenvalue weighted by atomic mass is 10.2. The van der Waals surface area contributed by atoms with Gasteiger partial charge in [0.2, 0.25) is 0 Å². The standard InChI is InChI=1S/C15H17ClN2OS2/c1-11-13(16)5-2-6-14(11)18-15(20)17-7-9-21-10-12-4-3-8-19-12/h2-6,8H,7,9-10H2,1H3,(H2,17,18,20). The lowest BCUT2D eigenvalue weighted by Crippen LogP contribution is -2.30. The van der Waals surface area contributed by atoms with Gasteiger partial charge in [0.1, 0.15) is 5.76 Å². The van der Waals surface area contributed by atoms with Crippen molar-refractivity contribution in [3.8, 4) is 0 Å². The minimum Gasteiger partial charge on any atom is -0.468 e. The molecule has 0 bridgehead atoms. The van der Waals surface area contributed by atoms with Crippen LogP contribution in [-0.2, 0) is 5.75 Å². The highest BCUT2D eigenvalue weighted by Gasteiger charge is 2.03. The summed E-state index contributed by atoms with van der Waals surface area (Å²) in [5.41, 5.74) is 1.93. The molecule has 2 rings (SSSR count). The molecule has 1 heterocycles. The summed E-state index contributed by atoms with van der Waals surface area (Å²) in [4.78, 5) is 0. The molecule has 0 aliphatic rings. The largest absolute Gasteiger partial charge is 0.468 e. The van der Waals surface area contributed by atoms with E-state index in [0.717, 1.165) is 40.1 Å². The molecule has 112 valence electrons. The van der Waals surface area contributed by atoms with Gasteiger partial charge in [-0.2, -0.15) is 11.8 Å². The van der Waals surface area contributed by atoms with Crippen LogP contribution in [0.25, 0.3) is 0 Å². The minimum atomic E-state index is 0.610. The third-order valence-electron chi connectivity index (χ3n) is 2.87. The van der Waals surface area contributed by atoms with Gasteiger partial charge in [0.15, 0.2) is 5.11 Å². The van der Waals surface area contributed by atoms with Crippen molar-refractivity contribution in [3.05, 3.63) is 52.9 Å². The van der Waals surface area contributed by atoms with E-state index in [1.54, 1.807) is 18.0 Å². The van der Waals surface area contributed by atoms with Crippen molar-refractivity contribution in [2.45, 2.75) is 12.7 Å². The molecule has 3 nitrogen and oxygen atoms in total. The predicted octanol–water partition coefficient (Wildman–Crippen LogP) is 4.46. The van der Waals surface area contributed by atoms with Crippen LogP contribution in [0.2, 0.25) is 5.02 Å². The molecule has 0 saturated carbocycles. The van der Waals surface area contributed by atoms with Crippen molar-refractivity contribution in [2.24, 2.45) is 0 Å². The van der Waals surface area contributed by atoms with E-state index in [1.165, 1.54) is 0 Å². The second-order valence-corrected chi connectivity index (χ2v) is 6.35. The first-order valence-electron chi connectivity index (χ1n) is 6.57. The normalized spacial score (nSPS) is 10.4. The third-order valence-corrected chi connectivity index (χ3v) is 4.51. The number of hydrogen-bond acceptors (Lipinski definition) is 3. The van der Waals surface area contributed by atoms with E-state index in [9.17, 15) is 0 Å². The highest BCUT2D eigenvalue weighted by molar-refractivity contribution is 7.98. The summed E-state index contributed by atoms with van der Waals surface area (Å²) in [5.74, 6) is 2.83. The van der Waals surface area contributed by atoms with Gasteiger partial charge in [-0.1, -0.05) is 17.7 Å². The van der Waals surface area contributed by atoms with Gasteiger partial charge in [-0.05, 0) is 49.0 Å². The average Bonchev–Trinajstić information content (AvgIpc) is 2.97. The molecule has 0 aliphatic carbocycles. The second-order valence-electron chi connectivity index (χ2n) is 4.43. The quantitative estimate of drug-likeness (QED) is 0.599. The third kappa shape index (κ3) is 5.26. The molecule has 0 radical (unpaired) electrons. The Morgan fingerprint density at radius 1 is 1.33 bits per heavy atom. The summed E-state index contributed by atoms with van der Waals surface area (Å²) in [6.45, 7) is 2.77. The number of thioether (sulfide) groups is 1. The molecule has 0 amide bonds. The molecule has 0 atom stereocenters. The van der Waals surface area contributed by atoms with Crippen LogP contribution in [0, 0.1) is 6.92 Å². The molecule has 0 fully saturated rings. The molecule has 6 heteroatoms. The van der Waals surface area contributed by atoms with Crippen LogP contribution in [0.1, 0.15) is 11.3 Å². The maximum absolute atomic E-state index is 6.08. The van der Waals surface area contributed by atoms with Crippen molar-refractivity contribution in [1.29, 1.82) is 0 Å². The molecule has 2 N–H and O–H groups in total. The van der Waals surface area contributed by atoms with E-state index < -0.39 is 0 Å². The Morgan fingerprint density at radius 2 is 2.19 bits per heavy atom. The predicted molar refractivity (Wildman–Crippen MR) is 95.3 cm³/mol.